The molecule has 0 aliphatic carbocycles. The van der Waals surface area contributed by atoms with E-state index in [9.17, 15) is 9.59 Å². The lowest BCUT2D eigenvalue weighted by Crippen LogP contribution is -2.34. The van der Waals surface area contributed by atoms with Crippen LogP contribution < -0.4 is 10.6 Å². The van der Waals surface area contributed by atoms with Gasteiger partial charge in [-0.1, -0.05) is 18.3 Å². The molecule has 0 saturated carbocycles. The Bertz CT molecular complexity index is 454. The van der Waals surface area contributed by atoms with Crippen LogP contribution in [0.25, 0.3) is 0 Å². The first-order valence-electron chi connectivity index (χ1n) is 5.41. The van der Waals surface area contributed by atoms with Crippen LogP contribution >= 0.6 is 11.8 Å². The van der Waals surface area contributed by atoms with E-state index in [2.05, 4.69) is 17.2 Å². The summed E-state index contributed by atoms with van der Waals surface area (Å²) in [5.74, 6) is -0.224. The van der Waals surface area contributed by atoms with Crippen molar-refractivity contribution in [2.75, 3.05) is 19.3 Å². The SMILES string of the molecule is C=CC(=O)NCCNC(=O)c1oc(SC)cc1C. The second-order valence-corrected chi connectivity index (χ2v) is 4.34. The molecule has 2 N–H and O–H groups in total. The highest BCUT2D eigenvalue weighted by Gasteiger charge is 2.14. The van der Waals surface area contributed by atoms with Gasteiger partial charge in [-0.3, -0.25) is 9.59 Å². The van der Waals surface area contributed by atoms with E-state index in [1.165, 1.54) is 17.8 Å². The zero-order chi connectivity index (χ0) is 13.5. The molecule has 1 heterocycles. The number of hydrogen-bond acceptors (Lipinski definition) is 4. The van der Waals surface area contributed by atoms with Gasteiger partial charge < -0.3 is 15.1 Å². The van der Waals surface area contributed by atoms with Crippen LogP contribution in [0.1, 0.15) is 16.1 Å². The minimum absolute atomic E-state index is 0.261. The summed E-state index contributed by atoms with van der Waals surface area (Å²) in [5, 5.41) is 5.94. The monoisotopic (exact) mass is 268 g/mol. The van der Waals surface area contributed by atoms with Crippen LogP contribution in [0.2, 0.25) is 0 Å². The third kappa shape index (κ3) is 3.96. The Kier molecular flexibility index (Phi) is 5.51. The van der Waals surface area contributed by atoms with E-state index in [0.717, 1.165) is 5.56 Å². The molecule has 5 nitrogen and oxygen atoms in total. The molecule has 1 aromatic heterocycles. The molecule has 2 amide bonds. The number of thioether (sulfide) groups is 1. The minimum atomic E-state index is -0.277. The molecule has 0 fully saturated rings. The van der Waals surface area contributed by atoms with Crippen molar-refractivity contribution in [1.29, 1.82) is 0 Å². The fraction of sp³-hybridized carbons (Fsp3) is 0.333. The molecular weight excluding hydrogens is 252 g/mol. The Morgan fingerprint density at radius 1 is 1.44 bits per heavy atom. The average Bonchev–Trinajstić information content (AvgIpc) is 2.75. The number of furan rings is 1. The molecule has 0 bridgehead atoms. The van der Waals surface area contributed by atoms with Crippen LogP contribution in [0.3, 0.4) is 0 Å². The Morgan fingerprint density at radius 2 is 2.11 bits per heavy atom. The maximum atomic E-state index is 11.8. The highest BCUT2D eigenvalue weighted by molar-refractivity contribution is 7.98. The van der Waals surface area contributed by atoms with Crippen LogP contribution in [-0.2, 0) is 4.79 Å². The molecule has 0 unspecified atom stereocenters. The molecule has 0 radical (unpaired) electrons. The van der Waals surface area contributed by atoms with Crippen molar-refractivity contribution >= 4 is 23.6 Å². The Morgan fingerprint density at radius 3 is 2.67 bits per heavy atom. The van der Waals surface area contributed by atoms with E-state index in [0.29, 0.717) is 23.9 Å². The van der Waals surface area contributed by atoms with E-state index < -0.39 is 0 Å². The molecule has 18 heavy (non-hydrogen) atoms. The first-order chi connectivity index (χ1) is 8.58. The normalized spacial score (nSPS) is 9.89. The Balaban J connectivity index is 2.43. The highest BCUT2D eigenvalue weighted by atomic mass is 32.2. The molecule has 0 aromatic carbocycles. The van der Waals surface area contributed by atoms with Crippen molar-refractivity contribution in [2.45, 2.75) is 12.0 Å². The van der Waals surface area contributed by atoms with Gasteiger partial charge >= 0.3 is 0 Å². The van der Waals surface area contributed by atoms with E-state index in [4.69, 9.17) is 4.42 Å². The van der Waals surface area contributed by atoms with Crippen molar-refractivity contribution in [3.05, 3.63) is 30.0 Å². The van der Waals surface area contributed by atoms with Gasteiger partial charge in [-0.15, -0.1) is 0 Å². The predicted octanol–water partition coefficient (Wildman–Crippen LogP) is 1.34. The summed E-state index contributed by atoms with van der Waals surface area (Å²) in [7, 11) is 0. The second-order valence-electron chi connectivity index (χ2n) is 3.53. The molecule has 6 heteroatoms. The summed E-state index contributed by atoms with van der Waals surface area (Å²) in [5.41, 5.74) is 0.798. The lowest BCUT2D eigenvalue weighted by Gasteiger charge is -2.04. The quantitative estimate of drug-likeness (QED) is 0.464. The largest absolute Gasteiger partial charge is 0.444 e. The lowest BCUT2D eigenvalue weighted by molar-refractivity contribution is -0.116. The van der Waals surface area contributed by atoms with Crippen LogP contribution in [0, 0.1) is 6.92 Å². The van der Waals surface area contributed by atoms with Gasteiger partial charge in [0.15, 0.2) is 10.9 Å². The van der Waals surface area contributed by atoms with Crippen LogP contribution in [0.15, 0.2) is 28.2 Å². The standard InChI is InChI=1S/C12H16N2O3S/c1-4-9(15)13-5-6-14-12(16)11-8(2)7-10(17-11)18-3/h4,7H,1,5-6H2,2-3H3,(H,13,15)(H,14,16). The predicted molar refractivity (Wildman–Crippen MR) is 70.8 cm³/mol. The molecule has 1 aromatic rings. The Labute approximate surface area is 110 Å². The molecular formula is C12H16N2O3S. The third-order valence-corrected chi connectivity index (χ3v) is 2.80. The lowest BCUT2D eigenvalue weighted by atomic mass is 10.3. The number of aryl methyl sites for hydroxylation is 1. The maximum absolute atomic E-state index is 11.8. The van der Waals surface area contributed by atoms with Gasteiger partial charge in [0, 0.05) is 18.7 Å². The van der Waals surface area contributed by atoms with E-state index >= 15 is 0 Å². The summed E-state index contributed by atoms with van der Waals surface area (Å²) in [6, 6.07) is 1.82. The first kappa shape index (κ1) is 14.4. The van der Waals surface area contributed by atoms with Crippen molar-refractivity contribution in [3.63, 3.8) is 0 Å². The summed E-state index contributed by atoms with van der Waals surface area (Å²) >= 11 is 1.44. The molecule has 1 rings (SSSR count). The highest BCUT2D eigenvalue weighted by Crippen LogP contribution is 2.22. The van der Waals surface area contributed by atoms with Crippen molar-refractivity contribution < 1.29 is 14.0 Å². The molecule has 0 spiro atoms. The van der Waals surface area contributed by atoms with Crippen LogP contribution in [0.4, 0.5) is 0 Å². The van der Waals surface area contributed by atoms with Gasteiger partial charge in [0.1, 0.15) is 0 Å². The number of rotatable bonds is 6. The fourth-order valence-corrected chi connectivity index (χ4v) is 1.75. The van der Waals surface area contributed by atoms with Crippen molar-refractivity contribution in [1.82, 2.24) is 10.6 Å². The number of carbonyl (C=O) groups is 2. The van der Waals surface area contributed by atoms with Gasteiger partial charge in [-0.2, -0.15) is 0 Å². The fourth-order valence-electron chi connectivity index (χ4n) is 1.29. The van der Waals surface area contributed by atoms with Gasteiger partial charge in [0.2, 0.25) is 5.91 Å². The van der Waals surface area contributed by atoms with Crippen molar-refractivity contribution in [3.8, 4) is 0 Å². The second kappa shape index (κ2) is 6.90. The smallest absolute Gasteiger partial charge is 0.287 e. The van der Waals surface area contributed by atoms with Gasteiger partial charge in [-0.25, -0.2) is 0 Å². The first-order valence-corrected chi connectivity index (χ1v) is 6.63. The summed E-state index contributed by atoms with van der Waals surface area (Å²) in [4.78, 5) is 22.6. The number of amides is 2. The Hall–Kier alpha value is -1.69. The van der Waals surface area contributed by atoms with E-state index in [1.807, 2.05) is 19.2 Å². The molecule has 0 atom stereocenters. The third-order valence-electron chi connectivity index (χ3n) is 2.20. The van der Waals surface area contributed by atoms with E-state index in [-0.39, 0.29) is 11.8 Å². The maximum Gasteiger partial charge on any atom is 0.287 e. The number of hydrogen-bond donors (Lipinski definition) is 2. The van der Waals surface area contributed by atoms with Gasteiger partial charge in [-0.05, 0) is 25.3 Å². The zero-order valence-corrected chi connectivity index (χ0v) is 11.2. The van der Waals surface area contributed by atoms with Gasteiger partial charge in [0.05, 0.1) is 0 Å². The number of nitrogens with one attached hydrogen (secondary N) is 2. The number of carbonyl (C=O) groups excluding carboxylic acids is 2. The zero-order valence-electron chi connectivity index (χ0n) is 10.4. The van der Waals surface area contributed by atoms with E-state index in [1.54, 1.807) is 0 Å². The summed E-state index contributed by atoms with van der Waals surface area (Å²) in [6.07, 6.45) is 3.06. The van der Waals surface area contributed by atoms with Crippen molar-refractivity contribution in [2.24, 2.45) is 0 Å². The molecule has 0 aliphatic heterocycles. The topological polar surface area (TPSA) is 71.3 Å². The summed E-state index contributed by atoms with van der Waals surface area (Å²) in [6.45, 7) is 5.84. The summed E-state index contributed by atoms with van der Waals surface area (Å²) < 4.78 is 5.37. The molecule has 98 valence electrons. The van der Waals surface area contributed by atoms with Crippen LogP contribution in [-0.4, -0.2) is 31.2 Å². The average molecular weight is 268 g/mol. The molecule has 0 saturated heterocycles. The van der Waals surface area contributed by atoms with Gasteiger partial charge in [0.25, 0.3) is 5.91 Å². The van der Waals surface area contributed by atoms with Crippen LogP contribution in [0.5, 0.6) is 0 Å². The minimum Gasteiger partial charge on any atom is -0.444 e. The molecule has 0 aliphatic rings.